The third kappa shape index (κ3) is 2.35. The SMILES string of the molecule is Cc1cc(C)cc(C(=O)c2ccc(O)c(O)c2)c1. The van der Waals surface area contributed by atoms with Gasteiger partial charge in [-0.3, -0.25) is 4.79 Å². The Hall–Kier alpha value is -2.29. The number of hydrogen-bond acceptors (Lipinski definition) is 3. The molecule has 0 aliphatic heterocycles. The fraction of sp³-hybridized carbons (Fsp3) is 0.133. The maximum Gasteiger partial charge on any atom is 0.193 e. The zero-order valence-corrected chi connectivity index (χ0v) is 10.3. The Balaban J connectivity index is 2.44. The molecule has 2 rings (SSSR count). The minimum absolute atomic E-state index is 0.169. The lowest BCUT2D eigenvalue weighted by molar-refractivity contribution is 0.103. The Bertz CT molecular complexity index is 595. The molecule has 2 N–H and O–H groups in total. The molecule has 0 bridgehead atoms. The molecule has 0 heterocycles. The molecule has 0 spiro atoms. The fourth-order valence-electron chi connectivity index (χ4n) is 1.94. The molecule has 2 aromatic carbocycles. The zero-order chi connectivity index (χ0) is 13.3. The number of carbonyl (C=O) groups excluding carboxylic acids is 1. The van der Waals surface area contributed by atoms with Crippen molar-refractivity contribution in [2.24, 2.45) is 0 Å². The summed E-state index contributed by atoms with van der Waals surface area (Å²) in [4.78, 5) is 12.2. The normalized spacial score (nSPS) is 10.3. The van der Waals surface area contributed by atoms with Crippen molar-refractivity contribution in [3.8, 4) is 11.5 Å². The summed E-state index contributed by atoms with van der Waals surface area (Å²) in [7, 11) is 0. The lowest BCUT2D eigenvalue weighted by Gasteiger charge is -2.05. The highest BCUT2D eigenvalue weighted by atomic mass is 16.3. The summed E-state index contributed by atoms with van der Waals surface area (Å²) in [5, 5.41) is 18.6. The highest BCUT2D eigenvalue weighted by molar-refractivity contribution is 6.09. The van der Waals surface area contributed by atoms with Crippen molar-refractivity contribution in [1.29, 1.82) is 0 Å². The zero-order valence-electron chi connectivity index (χ0n) is 10.3. The van der Waals surface area contributed by atoms with Crippen molar-refractivity contribution in [3.05, 3.63) is 58.7 Å². The summed E-state index contributed by atoms with van der Waals surface area (Å²) in [5.74, 6) is -0.686. The van der Waals surface area contributed by atoms with Gasteiger partial charge in [0.25, 0.3) is 0 Å². The van der Waals surface area contributed by atoms with E-state index in [9.17, 15) is 15.0 Å². The highest BCUT2D eigenvalue weighted by Crippen LogP contribution is 2.26. The van der Waals surface area contributed by atoms with Gasteiger partial charge in [0.1, 0.15) is 0 Å². The third-order valence-electron chi connectivity index (χ3n) is 2.72. The van der Waals surface area contributed by atoms with Crippen LogP contribution in [-0.2, 0) is 0 Å². The van der Waals surface area contributed by atoms with E-state index < -0.39 is 0 Å². The van der Waals surface area contributed by atoms with E-state index in [0.717, 1.165) is 11.1 Å². The molecule has 3 heteroatoms. The van der Waals surface area contributed by atoms with Gasteiger partial charge in [-0.25, -0.2) is 0 Å². The number of aryl methyl sites for hydroxylation is 2. The van der Waals surface area contributed by atoms with E-state index in [4.69, 9.17) is 0 Å². The van der Waals surface area contributed by atoms with Crippen LogP contribution in [0, 0.1) is 13.8 Å². The topological polar surface area (TPSA) is 57.5 Å². The Morgan fingerprint density at radius 1 is 0.833 bits per heavy atom. The van der Waals surface area contributed by atoms with E-state index in [1.807, 2.05) is 19.9 Å². The molecule has 0 amide bonds. The summed E-state index contributed by atoms with van der Waals surface area (Å²) in [6, 6.07) is 9.68. The van der Waals surface area contributed by atoms with E-state index in [-0.39, 0.29) is 17.3 Å². The molecule has 0 saturated carbocycles. The van der Waals surface area contributed by atoms with Crippen LogP contribution in [0.25, 0.3) is 0 Å². The Kier molecular flexibility index (Phi) is 3.06. The van der Waals surface area contributed by atoms with Crippen LogP contribution in [0.1, 0.15) is 27.0 Å². The third-order valence-corrected chi connectivity index (χ3v) is 2.72. The molecule has 0 radical (unpaired) electrons. The molecule has 0 saturated heterocycles. The van der Waals surface area contributed by atoms with E-state index >= 15 is 0 Å². The summed E-state index contributed by atoms with van der Waals surface area (Å²) >= 11 is 0. The number of hydrogen-bond donors (Lipinski definition) is 2. The average Bonchev–Trinajstić information content (AvgIpc) is 2.30. The number of aromatic hydroxyl groups is 2. The first-order chi connectivity index (χ1) is 8.47. The second kappa shape index (κ2) is 4.53. The monoisotopic (exact) mass is 242 g/mol. The number of ketones is 1. The lowest BCUT2D eigenvalue weighted by atomic mass is 9.99. The molecular formula is C15H14O3. The molecule has 92 valence electrons. The van der Waals surface area contributed by atoms with Crippen LogP contribution >= 0.6 is 0 Å². The van der Waals surface area contributed by atoms with Gasteiger partial charge in [0.15, 0.2) is 17.3 Å². The number of carbonyl (C=O) groups is 1. The Morgan fingerprint density at radius 2 is 1.44 bits per heavy atom. The van der Waals surface area contributed by atoms with Gasteiger partial charge >= 0.3 is 0 Å². The second-order valence-corrected chi connectivity index (χ2v) is 4.41. The molecule has 0 atom stereocenters. The van der Waals surface area contributed by atoms with Crippen molar-refractivity contribution < 1.29 is 15.0 Å². The molecule has 0 aliphatic rings. The second-order valence-electron chi connectivity index (χ2n) is 4.41. The Morgan fingerprint density at radius 3 is 2.00 bits per heavy atom. The summed E-state index contributed by atoms with van der Waals surface area (Å²) in [6.45, 7) is 3.86. The maximum atomic E-state index is 12.2. The molecule has 0 unspecified atom stereocenters. The first-order valence-corrected chi connectivity index (χ1v) is 5.62. The fourth-order valence-corrected chi connectivity index (χ4v) is 1.94. The van der Waals surface area contributed by atoms with E-state index in [2.05, 4.69) is 0 Å². The molecule has 0 aromatic heterocycles. The predicted molar refractivity (Wildman–Crippen MR) is 69.1 cm³/mol. The van der Waals surface area contributed by atoms with Crippen LogP contribution in [0.15, 0.2) is 36.4 Å². The van der Waals surface area contributed by atoms with E-state index in [0.29, 0.717) is 11.1 Å². The van der Waals surface area contributed by atoms with Crippen LogP contribution in [0.4, 0.5) is 0 Å². The minimum Gasteiger partial charge on any atom is -0.504 e. The molecular weight excluding hydrogens is 228 g/mol. The summed E-state index contributed by atoms with van der Waals surface area (Å²) in [5.41, 5.74) is 2.97. The first kappa shape index (κ1) is 12.2. The number of phenols is 2. The summed E-state index contributed by atoms with van der Waals surface area (Å²) in [6.07, 6.45) is 0. The molecule has 3 nitrogen and oxygen atoms in total. The molecule has 0 aliphatic carbocycles. The molecule has 18 heavy (non-hydrogen) atoms. The van der Waals surface area contributed by atoms with Crippen molar-refractivity contribution in [1.82, 2.24) is 0 Å². The smallest absolute Gasteiger partial charge is 0.193 e. The van der Waals surface area contributed by atoms with Crippen molar-refractivity contribution in [3.63, 3.8) is 0 Å². The van der Waals surface area contributed by atoms with Gasteiger partial charge in [-0.15, -0.1) is 0 Å². The number of benzene rings is 2. The van der Waals surface area contributed by atoms with Gasteiger partial charge in [0.2, 0.25) is 0 Å². The van der Waals surface area contributed by atoms with E-state index in [1.54, 1.807) is 12.1 Å². The molecule has 0 fully saturated rings. The predicted octanol–water partition coefficient (Wildman–Crippen LogP) is 2.95. The van der Waals surface area contributed by atoms with Crippen LogP contribution < -0.4 is 0 Å². The van der Waals surface area contributed by atoms with Crippen molar-refractivity contribution >= 4 is 5.78 Å². The van der Waals surface area contributed by atoms with Crippen molar-refractivity contribution in [2.45, 2.75) is 13.8 Å². The highest BCUT2D eigenvalue weighted by Gasteiger charge is 2.12. The van der Waals surface area contributed by atoms with Gasteiger partial charge < -0.3 is 10.2 Å². The standard InChI is InChI=1S/C15H14O3/c1-9-5-10(2)7-12(6-9)15(18)11-3-4-13(16)14(17)8-11/h3-8,16-17H,1-2H3. The van der Waals surface area contributed by atoms with Gasteiger partial charge in [-0.1, -0.05) is 17.2 Å². The van der Waals surface area contributed by atoms with Gasteiger partial charge in [0.05, 0.1) is 0 Å². The van der Waals surface area contributed by atoms with Gasteiger partial charge in [0, 0.05) is 11.1 Å². The number of rotatable bonds is 2. The van der Waals surface area contributed by atoms with Crippen LogP contribution in [0.5, 0.6) is 11.5 Å². The van der Waals surface area contributed by atoms with Gasteiger partial charge in [-0.05, 0) is 44.2 Å². The number of phenolic OH excluding ortho intramolecular Hbond substituents is 2. The Labute approximate surface area is 105 Å². The van der Waals surface area contributed by atoms with Crippen LogP contribution in [0.3, 0.4) is 0 Å². The average molecular weight is 242 g/mol. The van der Waals surface area contributed by atoms with E-state index in [1.165, 1.54) is 18.2 Å². The first-order valence-electron chi connectivity index (χ1n) is 5.62. The van der Waals surface area contributed by atoms with Crippen LogP contribution in [0.2, 0.25) is 0 Å². The van der Waals surface area contributed by atoms with Gasteiger partial charge in [-0.2, -0.15) is 0 Å². The molecule has 2 aromatic rings. The quantitative estimate of drug-likeness (QED) is 0.628. The van der Waals surface area contributed by atoms with Crippen LogP contribution in [-0.4, -0.2) is 16.0 Å². The maximum absolute atomic E-state index is 12.2. The largest absolute Gasteiger partial charge is 0.504 e. The lowest BCUT2D eigenvalue weighted by Crippen LogP contribution is -2.02. The minimum atomic E-state index is -0.287. The van der Waals surface area contributed by atoms with Crippen molar-refractivity contribution in [2.75, 3.05) is 0 Å². The summed E-state index contributed by atoms with van der Waals surface area (Å²) < 4.78 is 0.